The van der Waals surface area contributed by atoms with E-state index < -0.39 is 17.4 Å². The molecule has 0 aromatic heterocycles. The second-order valence-corrected chi connectivity index (χ2v) is 3.31. The number of rotatable bonds is 1. The van der Waals surface area contributed by atoms with Crippen LogP contribution in [0.4, 0.5) is 0 Å². The molecule has 0 aromatic carbocycles. The second-order valence-electron chi connectivity index (χ2n) is 3.31. The lowest BCUT2D eigenvalue weighted by atomic mass is 9.89. The monoisotopic (exact) mass is 144 g/mol. The molecule has 0 unspecified atom stereocenters. The average Bonchev–Trinajstić information content (AvgIpc) is 1.83. The predicted molar refractivity (Wildman–Crippen MR) is 39.0 cm³/mol. The van der Waals surface area contributed by atoms with Crippen molar-refractivity contribution in [2.24, 2.45) is 5.41 Å². The van der Waals surface area contributed by atoms with Gasteiger partial charge in [0.2, 0.25) is 5.91 Å². The van der Waals surface area contributed by atoms with Gasteiger partial charge in [-0.3, -0.25) is 4.79 Å². The lowest BCUT2D eigenvalue weighted by Gasteiger charge is -2.23. The maximum absolute atomic E-state index is 10.7. The molecule has 0 spiro atoms. The minimum atomic E-state index is -0.981. The summed E-state index contributed by atoms with van der Waals surface area (Å²) in [6, 6.07) is 0. The summed E-state index contributed by atoms with van der Waals surface area (Å²) in [5.74, 6) is -0.438. The maximum atomic E-state index is 10.7. The number of hydrogen-bond acceptors (Lipinski definition) is 2. The zero-order chi connectivity index (χ0) is 8.36. The Kier molecular flexibility index (Phi) is 2.84. The Morgan fingerprint density at radius 2 is 2.00 bits per heavy atom. The fraction of sp³-hybridized carbons (Fsp3) is 0.714. The van der Waals surface area contributed by atoms with E-state index in [0.717, 1.165) is 0 Å². The van der Waals surface area contributed by atoms with Crippen molar-refractivity contribution in [3.05, 3.63) is 7.05 Å². The number of aliphatic hydroxyl groups excluding tert-OH is 1. The summed E-state index contributed by atoms with van der Waals surface area (Å²) < 4.78 is 0. The number of carbonyl (C=O) groups is 1. The number of nitrogens with one attached hydrogen (secondary N) is 1. The highest BCUT2D eigenvalue weighted by molar-refractivity contribution is 5.81. The third-order valence-corrected chi connectivity index (χ3v) is 1.24. The fourth-order valence-electron chi connectivity index (χ4n) is 0.490. The molecule has 0 fully saturated rings. The highest BCUT2D eigenvalue weighted by atomic mass is 16.3. The summed E-state index contributed by atoms with van der Waals surface area (Å²) in [5, 5.41) is 11.3. The van der Waals surface area contributed by atoms with E-state index in [4.69, 9.17) is 0 Å². The van der Waals surface area contributed by atoms with Crippen LogP contribution in [0.5, 0.6) is 0 Å². The van der Waals surface area contributed by atoms with Gasteiger partial charge in [0.15, 0.2) is 0 Å². The van der Waals surface area contributed by atoms with Gasteiger partial charge in [-0.2, -0.15) is 0 Å². The van der Waals surface area contributed by atoms with Gasteiger partial charge >= 0.3 is 0 Å². The zero-order valence-electron chi connectivity index (χ0n) is 6.64. The number of amides is 1. The van der Waals surface area contributed by atoms with Crippen molar-refractivity contribution in [1.82, 2.24) is 5.32 Å². The SMILES string of the molecule is [CH2]NC(=O)[C@H](O)C(C)(C)C. The van der Waals surface area contributed by atoms with Gasteiger partial charge in [-0.1, -0.05) is 20.8 Å². The van der Waals surface area contributed by atoms with Gasteiger partial charge in [-0.15, -0.1) is 0 Å². The van der Waals surface area contributed by atoms with Crippen molar-refractivity contribution in [3.63, 3.8) is 0 Å². The molecule has 0 aliphatic heterocycles. The van der Waals surface area contributed by atoms with Crippen molar-refractivity contribution in [1.29, 1.82) is 0 Å². The molecule has 1 atom stereocenters. The minimum absolute atomic E-state index is 0.415. The molecule has 3 nitrogen and oxygen atoms in total. The summed E-state index contributed by atoms with van der Waals surface area (Å²) in [4.78, 5) is 10.7. The minimum Gasteiger partial charge on any atom is -0.383 e. The summed E-state index contributed by atoms with van der Waals surface area (Å²) in [7, 11) is 3.16. The third-order valence-electron chi connectivity index (χ3n) is 1.24. The van der Waals surface area contributed by atoms with Crippen LogP contribution in [0.3, 0.4) is 0 Å². The van der Waals surface area contributed by atoms with Crippen LogP contribution >= 0.6 is 0 Å². The molecule has 0 aromatic rings. The van der Waals surface area contributed by atoms with Crippen molar-refractivity contribution in [2.45, 2.75) is 26.9 Å². The Labute approximate surface area is 61.4 Å². The fourth-order valence-corrected chi connectivity index (χ4v) is 0.490. The van der Waals surface area contributed by atoms with Crippen molar-refractivity contribution >= 4 is 5.91 Å². The van der Waals surface area contributed by atoms with Gasteiger partial charge in [-0.05, 0) is 5.41 Å². The van der Waals surface area contributed by atoms with E-state index in [0.29, 0.717) is 0 Å². The second kappa shape index (κ2) is 3.01. The molecule has 59 valence electrons. The van der Waals surface area contributed by atoms with Crippen molar-refractivity contribution in [3.8, 4) is 0 Å². The smallest absolute Gasteiger partial charge is 0.249 e. The third kappa shape index (κ3) is 2.35. The van der Waals surface area contributed by atoms with Gasteiger partial charge < -0.3 is 10.4 Å². The van der Waals surface area contributed by atoms with E-state index in [1.165, 1.54) is 0 Å². The number of hydrogen-bond donors (Lipinski definition) is 2. The van der Waals surface area contributed by atoms with Crippen molar-refractivity contribution < 1.29 is 9.90 Å². The van der Waals surface area contributed by atoms with E-state index >= 15 is 0 Å². The molecule has 0 bridgehead atoms. The predicted octanol–water partition coefficient (Wildman–Crippen LogP) is 0.301. The normalized spacial score (nSPS) is 14.5. The molecule has 0 rings (SSSR count). The van der Waals surface area contributed by atoms with E-state index in [-0.39, 0.29) is 0 Å². The zero-order valence-corrected chi connectivity index (χ0v) is 6.64. The Balaban J connectivity index is 4.08. The van der Waals surface area contributed by atoms with E-state index in [9.17, 15) is 9.90 Å². The van der Waals surface area contributed by atoms with Crippen LogP contribution < -0.4 is 5.32 Å². The van der Waals surface area contributed by atoms with Gasteiger partial charge in [0, 0.05) is 7.05 Å². The van der Waals surface area contributed by atoms with E-state index in [2.05, 4.69) is 12.4 Å². The van der Waals surface area contributed by atoms with Gasteiger partial charge in [0.1, 0.15) is 6.10 Å². The molecular formula is C7H14NO2. The molecule has 0 saturated heterocycles. The Bertz CT molecular complexity index is 126. The first kappa shape index (κ1) is 9.43. The first-order valence-electron chi connectivity index (χ1n) is 3.14. The van der Waals surface area contributed by atoms with Crippen LogP contribution in [-0.4, -0.2) is 17.1 Å². The molecule has 3 heteroatoms. The molecule has 1 radical (unpaired) electrons. The van der Waals surface area contributed by atoms with Crippen LogP contribution in [0.2, 0.25) is 0 Å². The molecule has 0 saturated carbocycles. The maximum Gasteiger partial charge on any atom is 0.249 e. The summed E-state index contributed by atoms with van der Waals surface area (Å²) in [6.07, 6.45) is -0.981. The van der Waals surface area contributed by atoms with E-state index in [1.54, 1.807) is 20.8 Å². The highest BCUT2D eigenvalue weighted by Crippen LogP contribution is 2.18. The van der Waals surface area contributed by atoms with Gasteiger partial charge in [-0.25, -0.2) is 0 Å². The quantitative estimate of drug-likeness (QED) is 0.556. The highest BCUT2D eigenvalue weighted by Gasteiger charge is 2.27. The number of carbonyl (C=O) groups excluding carboxylic acids is 1. The molecule has 0 aliphatic carbocycles. The molecule has 0 aliphatic rings. The molecule has 0 heterocycles. The molecule has 10 heavy (non-hydrogen) atoms. The Morgan fingerprint density at radius 1 is 1.60 bits per heavy atom. The summed E-state index contributed by atoms with van der Waals surface area (Å²) in [5.41, 5.74) is -0.415. The van der Waals surface area contributed by atoms with Crippen LogP contribution in [0, 0.1) is 12.5 Å². The first-order valence-corrected chi connectivity index (χ1v) is 3.14. The summed E-state index contributed by atoms with van der Waals surface area (Å²) >= 11 is 0. The molecule has 2 N–H and O–H groups in total. The number of aliphatic hydroxyl groups is 1. The first-order chi connectivity index (χ1) is 4.39. The standard InChI is InChI=1S/C7H14NO2/c1-7(2,3)5(9)6(10)8-4/h5,9H,4H2,1-3H3,(H,8,10)/t5-/m0/s1. The lowest BCUT2D eigenvalue weighted by molar-refractivity contribution is -0.133. The largest absolute Gasteiger partial charge is 0.383 e. The Hall–Kier alpha value is -0.570. The molecule has 1 amide bonds. The van der Waals surface area contributed by atoms with Crippen LogP contribution in [0.1, 0.15) is 20.8 Å². The summed E-state index contributed by atoms with van der Waals surface area (Å²) in [6.45, 7) is 5.35. The van der Waals surface area contributed by atoms with Gasteiger partial charge in [0.25, 0.3) is 0 Å². The van der Waals surface area contributed by atoms with Crippen LogP contribution in [0.15, 0.2) is 0 Å². The molecular weight excluding hydrogens is 130 g/mol. The Morgan fingerprint density at radius 3 is 2.10 bits per heavy atom. The van der Waals surface area contributed by atoms with Crippen LogP contribution in [0.25, 0.3) is 0 Å². The van der Waals surface area contributed by atoms with Crippen LogP contribution in [-0.2, 0) is 4.79 Å². The lowest BCUT2D eigenvalue weighted by Crippen LogP contribution is -2.40. The average molecular weight is 144 g/mol. The van der Waals surface area contributed by atoms with Gasteiger partial charge in [0.05, 0.1) is 0 Å². The topological polar surface area (TPSA) is 49.3 Å². The van der Waals surface area contributed by atoms with E-state index in [1.807, 2.05) is 0 Å². The van der Waals surface area contributed by atoms with Crippen molar-refractivity contribution in [2.75, 3.05) is 0 Å².